The molecule has 1 aliphatic rings. The molecule has 0 spiro atoms. The molecule has 0 amide bonds. The number of aromatic nitrogens is 1. The first-order valence-corrected chi connectivity index (χ1v) is 13.3. The Balaban J connectivity index is 1.78. The SMILES string of the molecule is C=CCOc1ccc2ccccc2c1/C=c1\sc2n(c1=O)[C@@H](c1ccccc1Cl)C(C(=O)OCC)=C(C)N=2. The fourth-order valence-corrected chi connectivity index (χ4v) is 5.88. The first-order valence-electron chi connectivity index (χ1n) is 12.1. The monoisotopic (exact) mass is 544 g/mol. The number of benzene rings is 3. The van der Waals surface area contributed by atoms with E-state index in [1.165, 1.54) is 15.9 Å². The highest BCUT2D eigenvalue weighted by atomic mass is 35.5. The van der Waals surface area contributed by atoms with E-state index in [9.17, 15) is 9.59 Å². The number of esters is 1. The predicted octanol–water partition coefficient (Wildman–Crippen LogP) is 5.17. The van der Waals surface area contributed by atoms with Crippen LogP contribution in [0.4, 0.5) is 0 Å². The number of rotatable bonds is 7. The molecule has 0 fully saturated rings. The van der Waals surface area contributed by atoms with Gasteiger partial charge in [0.2, 0.25) is 0 Å². The Morgan fingerprint density at radius 1 is 1.16 bits per heavy atom. The molecule has 0 bridgehead atoms. The second-order valence-electron chi connectivity index (χ2n) is 8.62. The summed E-state index contributed by atoms with van der Waals surface area (Å²) < 4.78 is 13.3. The van der Waals surface area contributed by atoms with Crippen LogP contribution in [-0.2, 0) is 9.53 Å². The molecule has 0 aliphatic carbocycles. The zero-order chi connectivity index (χ0) is 26.8. The zero-order valence-electron chi connectivity index (χ0n) is 20.9. The molecule has 1 atom stereocenters. The van der Waals surface area contributed by atoms with Crippen LogP contribution in [0.15, 0.2) is 94.4 Å². The van der Waals surface area contributed by atoms with Crippen molar-refractivity contribution in [1.82, 2.24) is 4.57 Å². The topological polar surface area (TPSA) is 69.9 Å². The van der Waals surface area contributed by atoms with Crippen LogP contribution in [0.2, 0.25) is 5.02 Å². The fourth-order valence-electron chi connectivity index (χ4n) is 4.61. The molecule has 2 heterocycles. The number of carbonyl (C=O) groups is 1. The average Bonchev–Trinajstić information content (AvgIpc) is 3.22. The Morgan fingerprint density at radius 2 is 1.92 bits per heavy atom. The first kappa shape index (κ1) is 25.7. The molecule has 1 aromatic heterocycles. The Morgan fingerprint density at radius 3 is 2.68 bits per heavy atom. The lowest BCUT2D eigenvalue weighted by molar-refractivity contribution is -0.139. The summed E-state index contributed by atoms with van der Waals surface area (Å²) in [5.41, 5.74) is 1.90. The van der Waals surface area contributed by atoms with Crippen molar-refractivity contribution in [2.24, 2.45) is 4.99 Å². The zero-order valence-corrected chi connectivity index (χ0v) is 22.5. The molecule has 4 aromatic rings. The van der Waals surface area contributed by atoms with Gasteiger partial charge in [0, 0.05) is 10.6 Å². The summed E-state index contributed by atoms with van der Waals surface area (Å²) in [4.78, 5) is 32.2. The van der Waals surface area contributed by atoms with E-state index in [0.29, 0.717) is 43.5 Å². The molecule has 0 radical (unpaired) electrons. The van der Waals surface area contributed by atoms with Crippen molar-refractivity contribution in [3.63, 3.8) is 0 Å². The maximum atomic E-state index is 14.0. The van der Waals surface area contributed by atoms with E-state index in [0.717, 1.165) is 16.3 Å². The Kier molecular flexibility index (Phi) is 7.31. The molecule has 0 saturated carbocycles. The predicted molar refractivity (Wildman–Crippen MR) is 151 cm³/mol. The fraction of sp³-hybridized carbons (Fsp3) is 0.167. The van der Waals surface area contributed by atoms with Crippen LogP contribution in [0.1, 0.15) is 31.0 Å². The smallest absolute Gasteiger partial charge is 0.338 e. The highest BCUT2D eigenvalue weighted by Crippen LogP contribution is 2.34. The molecule has 6 nitrogen and oxygen atoms in total. The van der Waals surface area contributed by atoms with Crippen LogP contribution < -0.4 is 19.6 Å². The van der Waals surface area contributed by atoms with Crippen molar-refractivity contribution < 1.29 is 14.3 Å². The van der Waals surface area contributed by atoms with Crippen molar-refractivity contribution in [3.05, 3.63) is 120 Å². The van der Waals surface area contributed by atoms with E-state index in [1.54, 1.807) is 32.1 Å². The lowest BCUT2D eigenvalue weighted by Gasteiger charge is -2.25. The summed E-state index contributed by atoms with van der Waals surface area (Å²) in [5.74, 6) is 0.114. The molecule has 38 heavy (non-hydrogen) atoms. The Labute approximate surface area is 228 Å². The normalized spacial score (nSPS) is 15.2. The van der Waals surface area contributed by atoms with Gasteiger partial charge >= 0.3 is 5.97 Å². The molecule has 0 saturated heterocycles. The van der Waals surface area contributed by atoms with Gasteiger partial charge in [0.15, 0.2) is 4.80 Å². The Hall–Kier alpha value is -3.94. The van der Waals surface area contributed by atoms with Gasteiger partial charge in [-0.3, -0.25) is 9.36 Å². The van der Waals surface area contributed by atoms with E-state index in [4.69, 9.17) is 21.1 Å². The van der Waals surface area contributed by atoms with Crippen molar-refractivity contribution >= 4 is 45.8 Å². The number of hydrogen-bond donors (Lipinski definition) is 0. The van der Waals surface area contributed by atoms with Gasteiger partial charge in [0.25, 0.3) is 5.56 Å². The van der Waals surface area contributed by atoms with Gasteiger partial charge in [0.05, 0.1) is 22.4 Å². The molecule has 0 N–H and O–H groups in total. The molecule has 3 aromatic carbocycles. The minimum absolute atomic E-state index is 0.198. The van der Waals surface area contributed by atoms with Crippen LogP contribution >= 0.6 is 22.9 Å². The van der Waals surface area contributed by atoms with E-state index >= 15 is 0 Å². The highest BCUT2D eigenvalue weighted by molar-refractivity contribution is 7.07. The third-order valence-electron chi connectivity index (χ3n) is 6.28. The largest absolute Gasteiger partial charge is 0.489 e. The van der Waals surface area contributed by atoms with Crippen molar-refractivity contribution in [2.75, 3.05) is 13.2 Å². The average molecular weight is 545 g/mol. The maximum absolute atomic E-state index is 14.0. The lowest BCUT2D eigenvalue weighted by Crippen LogP contribution is -2.40. The van der Waals surface area contributed by atoms with Crippen LogP contribution in [-0.4, -0.2) is 23.8 Å². The van der Waals surface area contributed by atoms with Crippen LogP contribution in [0.25, 0.3) is 16.8 Å². The van der Waals surface area contributed by atoms with Gasteiger partial charge in [-0.25, -0.2) is 9.79 Å². The number of fused-ring (bicyclic) bond motifs is 2. The standard InChI is InChI=1S/C30H25ClN2O4S/c1-4-16-37-24-15-14-19-10-6-7-11-20(19)22(24)17-25-28(34)33-27(21-12-8-9-13-23(21)31)26(29(35)36-5-2)18(3)32-30(33)38-25/h4,6-15,17,27H,1,5,16H2,2-3H3/b25-17-/t27-/m0/s1. The van der Waals surface area contributed by atoms with Gasteiger partial charge in [-0.2, -0.15) is 0 Å². The molecule has 192 valence electrons. The van der Waals surface area contributed by atoms with E-state index in [-0.39, 0.29) is 12.2 Å². The van der Waals surface area contributed by atoms with E-state index < -0.39 is 12.0 Å². The summed E-state index contributed by atoms with van der Waals surface area (Å²) in [6.07, 6.45) is 3.51. The summed E-state index contributed by atoms with van der Waals surface area (Å²) in [7, 11) is 0. The number of halogens is 1. The molecule has 1 aliphatic heterocycles. The van der Waals surface area contributed by atoms with E-state index in [2.05, 4.69) is 11.6 Å². The lowest BCUT2D eigenvalue weighted by atomic mass is 9.96. The number of thiazole rings is 1. The van der Waals surface area contributed by atoms with E-state index in [1.807, 2.05) is 54.6 Å². The van der Waals surface area contributed by atoms with Crippen molar-refractivity contribution in [1.29, 1.82) is 0 Å². The van der Waals surface area contributed by atoms with Gasteiger partial charge < -0.3 is 9.47 Å². The third kappa shape index (κ3) is 4.59. The van der Waals surface area contributed by atoms with Gasteiger partial charge in [-0.05, 0) is 48.4 Å². The number of ether oxygens (including phenoxy) is 2. The Bertz CT molecular complexity index is 1780. The molecule has 5 rings (SSSR count). The maximum Gasteiger partial charge on any atom is 0.338 e. The minimum Gasteiger partial charge on any atom is -0.489 e. The molecular formula is C30H25ClN2O4S. The molecular weight excluding hydrogens is 520 g/mol. The van der Waals surface area contributed by atoms with Crippen molar-refractivity contribution in [3.8, 4) is 5.75 Å². The number of allylic oxidation sites excluding steroid dienone is 1. The van der Waals surface area contributed by atoms with Crippen LogP contribution in [0, 0.1) is 0 Å². The quantitative estimate of drug-likeness (QED) is 0.238. The number of carbonyl (C=O) groups excluding carboxylic acids is 1. The summed E-state index contributed by atoms with van der Waals surface area (Å²) in [6.45, 7) is 7.76. The second kappa shape index (κ2) is 10.8. The summed E-state index contributed by atoms with van der Waals surface area (Å²) in [5, 5.41) is 2.41. The summed E-state index contributed by atoms with van der Waals surface area (Å²) in [6, 6.07) is 18.2. The first-order chi connectivity index (χ1) is 18.4. The van der Waals surface area contributed by atoms with Gasteiger partial charge in [-0.1, -0.05) is 84.1 Å². The molecule has 8 heteroatoms. The van der Waals surface area contributed by atoms with Crippen molar-refractivity contribution in [2.45, 2.75) is 19.9 Å². The number of hydrogen-bond acceptors (Lipinski definition) is 6. The summed E-state index contributed by atoms with van der Waals surface area (Å²) >= 11 is 7.85. The number of nitrogens with zero attached hydrogens (tertiary/aromatic N) is 2. The third-order valence-corrected chi connectivity index (χ3v) is 7.61. The second-order valence-corrected chi connectivity index (χ2v) is 10.0. The van der Waals surface area contributed by atoms with Gasteiger partial charge in [-0.15, -0.1) is 0 Å². The van der Waals surface area contributed by atoms with Gasteiger partial charge in [0.1, 0.15) is 18.4 Å². The van der Waals surface area contributed by atoms with Crippen LogP contribution in [0.3, 0.4) is 0 Å². The highest BCUT2D eigenvalue weighted by Gasteiger charge is 2.34. The van der Waals surface area contributed by atoms with Crippen LogP contribution in [0.5, 0.6) is 5.75 Å². The molecule has 0 unspecified atom stereocenters. The minimum atomic E-state index is -0.773.